The lowest BCUT2D eigenvalue weighted by atomic mass is 9.41. The molecule has 0 aromatic rings. The molecule has 0 bridgehead atoms. The van der Waals surface area contributed by atoms with Crippen LogP contribution in [0.3, 0.4) is 0 Å². The molecule has 2 unspecified atom stereocenters. The molecule has 0 saturated heterocycles. The van der Waals surface area contributed by atoms with Crippen LogP contribution in [-0.2, 0) is 9.59 Å². The third-order valence-electron chi connectivity index (χ3n) is 11.0. The summed E-state index contributed by atoms with van der Waals surface area (Å²) >= 11 is 0. The number of aliphatic hydroxyl groups is 1. The SMILES string of the molecule is CC1(C)C2CC=C3C(CC[C@@]4(C)[C@H](C5=CC(=O)NC5=O)CC[C@]34C)[C@@]2(C)CC[C@H]1O. The standard InChI is InChI=1S/C26H37NO3/c1-23(2)19-7-6-18-17(24(19,3)11-10-20(23)28)9-13-25(4)16(8-12-26(18,25)5)15-14-21(29)27-22(15)30/h6,14,16-17,19-20,28H,7-13H2,1-5H3,(H,27,29,30)/t16-,17?,19?,20+,24+,25-,26+/m0/s1. The van der Waals surface area contributed by atoms with Crippen molar-refractivity contribution in [3.63, 3.8) is 0 Å². The van der Waals surface area contributed by atoms with Crippen LogP contribution < -0.4 is 5.32 Å². The van der Waals surface area contributed by atoms with Crippen LogP contribution >= 0.6 is 0 Å². The maximum Gasteiger partial charge on any atom is 0.254 e. The van der Waals surface area contributed by atoms with Gasteiger partial charge in [0.2, 0.25) is 0 Å². The molecule has 30 heavy (non-hydrogen) atoms. The van der Waals surface area contributed by atoms with Crippen molar-refractivity contribution in [1.29, 1.82) is 0 Å². The fourth-order valence-corrected chi connectivity index (χ4v) is 8.88. The largest absolute Gasteiger partial charge is 0.393 e. The molecule has 5 rings (SSSR count). The van der Waals surface area contributed by atoms with E-state index in [9.17, 15) is 14.7 Å². The van der Waals surface area contributed by atoms with E-state index in [0.717, 1.165) is 44.9 Å². The molecule has 2 N–H and O–H groups in total. The van der Waals surface area contributed by atoms with Gasteiger partial charge >= 0.3 is 0 Å². The number of amides is 2. The van der Waals surface area contributed by atoms with E-state index >= 15 is 0 Å². The number of carbonyl (C=O) groups excluding carboxylic acids is 2. The van der Waals surface area contributed by atoms with Gasteiger partial charge in [-0.15, -0.1) is 0 Å². The first-order valence-corrected chi connectivity index (χ1v) is 11.9. The third kappa shape index (κ3) is 2.32. The van der Waals surface area contributed by atoms with E-state index in [-0.39, 0.29) is 45.5 Å². The van der Waals surface area contributed by atoms with Crippen LogP contribution in [0.2, 0.25) is 0 Å². The molecule has 3 saturated carbocycles. The van der Waals surface area contributed by atoms with Gasteiger partial charge < -0.3 is 5.11 Å². The highest BCUT2D eigenvalue weighted by atomic mass is 16.3. The number of aliphatic hydroxyl groups excluding tert-OH is 1. The van der Waals surface area contributed by atoms with Crippen LogP contribution in [0.4, 0.5) is 0 Å². The van der Waals surface area contributed by atoms with E-state index in [0.29, 0.717) is 17.4 Å². The van der Waals surface area contributed by atoms with E-state index in [1.807, 2.05) is 0 Å². The molecule has 4 nitrogen and oxygen atoms in total. The summed E-state index contributed by atoms with van der Waals surface area (Å²) in [6, 6.07) is 0. The van der Waals surface area contributed by atoms with Gasteiger partial charge in [-0.25, -0.2) is 0 Å². The second kappa shape index (κ2) is 6.09. The highest BCUT2D eigenvalue weighted by molar-refractivity contribution is 6.16. The van der Waals surface area contributed by atoms with Crippen molar-refractivity contribution in [2.75, 3.05) is 0 Å². The van der Waals surface area contributed by atoms with Crippen molar-refractivity contribution in [1.82, 2.24) is 5.32 Å². The van der Waals surface area contributed by atoms with E-state index in [1.165, 1.54) is 0 Å². The second-order valence-electron chi connectivity index (χ2n) is 12.2. The molecule has 3 fully saturated rings. The molecule has 5 aliphatic rings. The number of rotatable bonds is 1. The summed E-state index contributed by atoms with van der Waals surface area (Å²) in [5.41, 5.74) is 2.59. The molecule has 7 atom stereocenters. The number of imide groups is 1. The number of hydrogen-bond acceptors (Lipinski definition) is 3. The predicted octanol–water partition coefficient (Wildman–Crippen LogP) is 4.54. The Morgan fingerprint density at radius 1 is 0.967 bits per heavy atom. The van der Waals surface area contributed by atoms with E-state index in [4.69, 9.17) is 0 Å². The number of carbonyl (C=O) groups is 2. The molecule has 0 aromatic heterocycles. The lowest BCUT2D eigenvalue weighted by molar-refractivity contribution is -0.130. The Hall–Kier alpha value is -1.42. The van der Waals surface area contributed by atoms with Crippen molar-refractivity contribution in [3.8, 4) is 0 Å². The van der Waals surface area contributed by atoms with Crippen LogP contribution in [0.1, 0.15) is 79.6 Å². The summed E-state index contributed by atoms with van der Waals surface area (Å²) in [5, 5.41) is 13.2. The Labute approximate surface area is 180 Å². The van der Waals surface area contributed by atoms with E-state index in [2.05, 4.69) is 46.0 Å². The van der Waals surface area contributed by atoms with Crippen molar-refractivity contribution in [3.05, 3.63) is 23.3 Å². The van der Waals surface area contributed by atoms with E-state index < -0.39 is 0 Å². The van der Waals surface area contributed by atoms with Crippen molar-refractivity contribution < 1.29 is 14.7 Å². The molecule has 0 spiro atoms. The van der Waals surface area contributed by atoms with Crippen LogP contribution in [0, 0.1) is 39.4 Å². The van der Waals surface area contributed by atoms with Gasteiger partial charge in [-0.2, -0.15) is 0 Å². The van der Waals surface area contributed by atoms with Gasteiger partial charge in [-0.3, -0.25) is 14.9 Å². The monoisotopic (exact) mass is 411 g/mol. The topological polar surface area (TPSA) is 66.4 Å². The van der Waals surface area contributed by atoms with Crippen LogP contribution in [0.5, 0.6) is 0 Å². The lowest BCUT2D eigenvalue weighted by Gasteiger charge is -2.64. The minimum atomic E-state index is -0.254. The van der Waals surface area contributed by atoms with Gasteiger partial charge in [0.1, 0.15) is 0 Å². The quantitative estimate of drug-likeness (QED) is 0.492. The summed E-state index contributed by atoms with van der Waals surface area (Å²) in [7, 11) is 0. The maximum absolute atomic E-state index is 12.5. The Balaban J connectivity index is 1.55. The fourth-order valence-electron chi connectivity index (χ4n) is 8.88. The van der Waals surface area contributed by atoms with Crippen LogP contribution in [0.15, 0.2) is 23.3 Å². The first kappa shape index (κ1) is 20.5. The zero-order valence-electron chi connectivity index (χ0n) is 19.2. The lowest BCUT2D eigenvalue weighted by Crippen LogP contribution is -2.58. The van der Waals surface area contributed by atoms with Gasteiger partial charge in [0, 0.05) is 11.6 Å². The van der Waals surface area contributed by atoms with Gasteiger partial charge in [0.25, 0.3) is 11.8 Å². The zero-order chi connectivity index (χ0) is 21.7. The number of allylic oxidation sites excluding steroid dienone is 2. The first-order chi connectivity index (χ1) is 13.9. The van der Waals surface area contributed by atoms with Crippen molar-refractivity contribution in [2.45, 2.75) is 85.7 Å². The van der Waals surface area contributed by atoms with Crippen LogP contribution in [0.25, 0.3) is 0 Å². The Kier molecular flexibility index (Phi) is 4.16. The molecule has 4 heteroatoms. The molecule has 164 valence electrons. The molecule has 0 aromatic carbocycles. The van der Waals surface area contributed by atoms with Crippen molar-refractivity contribution >= 4 is 11.8 Å². The summed E-state index contributed by atoms with van der Waals surface area (Å²) < 4.78 is 0. The minimum Gasteiger partial charge on any atom is -0.393 e. The first-order valence-electron chi connectivity index (χ1n) is 11.9. The molecule has 2 amide bonds. The van der Waals surface area contributed by atoms with Crippen LogP contribution in [-0.4, -0.2) is 23.0 Å². The summed E-state index contributed by atoms with van der Waals surface area (Å²) in [6.07, 6.45) is 11.2. The summed E-state index contributed by atoms with van der Waals surface area (Å²) in [4.78, 5) is 24.3. The molecule has 0 radical (unpaired) electrons. The number of nitrogens with one attached hydrogen (secondary N) is 1. The van der Waals surface area contributed by atoms with E-state index in [1.54, 1.807) is 11.6 Å². The third-order valence-corrected chi connectivity index (χ3v) is 11.0. The number of hydrogen-bond donors (Lipinski definition) is 2. The van der Waals surface area contributed by atoms with Gasteiger partial charge in [0.15, 0.2) is 0 Å². The average Bonchev–Trinajstić information content (AvgIpc) is 3.14. The Bertz CT molecular complexity index is 885. The van der Waals surface area contributed by atoms with Crippen molar-refractivity contribution in [2.24, 2.45) is 39.4 Å². The molecule has 1 aliphatic heterocycles. The molecular weight excluding hydrogens is 374 g/mol. The fraction of sp³-hybridized carbons (Fsp3) is 0.769. The smallest absolute Gasteiger partial charge is 0.254 e. The normalized spacial score (nSPS) is 49.5. The maximum atomic E-state index is 12.5. The zero-order valence-corrected chi connectivity index (χ0v) is 19.2. The number of fused-ring (bicyclic) bond motifs is 5. The minimum absolute atomic E-state index is 0.00994. The Morgan fingerprint density at radius 3 is 2.33 bits per heavy atom. The molecule has 4 aliphatic carbocycles. The average molecular weight is 412 g/mol. The van der Waals surface area contributed by atoms with Gasteiger partial charge in [-0.1, -0.05) is 46.3 Å². The predicted molar refractivity (Wildman–Crippen MR) is 116 cm³/mol. The summed E-state index contributed by atoms with van der Waals surface area (Å²) in [5.74, 6) is 0.800. The Morgan fingerprint density at radius 2 is 1.67 bits per heavy atom. The van der Waals surface area contributed by atoms with Gasteiger partial charge in [-0.05, 0) is 84.4 Å². The molecular formula is C26H37NO3. The summed E-state index contributed by atoms with van der Waals surface area (Å²) in [6.45, 7) is 11.8. The highest BCUT2D eigenvalue weighted by Gasteiger charge is 2.65. The molecule has 1 heterocycles. The highest BCUT2D eigenvalue weighted by Crippen LogP contribution is 2.73. The second-order valence-corrected chi connectivity index (χ2v) is 12.2. The van der Waals surface area contributed by atoms with Gasteiger partial charge in [0.05, 0.1) is 6.10 Å².